The molecule has 0 spiro atoms. The summed E-state index contributed by atoms with van der Waals surface area (Å²) in [6.07, 6.45) is 0. The summed E-state index contributed by atoms with van der Waals surface area (Å²) in [6, 6.07) is 27.0. The zero-order chi connectivity index (χ0) is 19.3. The molecule has 1 aromatic heterocycles. The maximum atomic E-state index is 6.34. The first-order chi connectivity index (χ1) is 13.5. The SMILES string of the molecule is CC1(C)c2ccccc2-c2ccc(-c3nc(Cl)cc(-c4ccccc4)n3)cc21. The minimum atomic E-state index is -0.0528. The van der Waals surface area contributed by atoms with Gasteiger partial charge in [0.2, 0.25) is 0 Å². The molecular formula is C25H19ClN2. The molecule has 0 N–H and O–H groups in total. The molecule has 1 heterocycles. The molecule has 0 atom stereocenters. The molecule has 0 amide bonds. The van der Waals surface area contributed by atoms with Gasteiger partial charge in [-0.3, -0.25) is 0 Å². The Kier molecular flexibility index (Phi) is 3.85. The van der Waals surface area contributed by atoms with Crippen LogP contribution in [-0.2, 0) is 5.41 Å². The maximum Gasteiger partial charge on any atom is 0.161 e. The fourth-order valence-electron chi connectivity index (χ4n) is 4.15. The molecule has 0 aliphatic heterocycles. The highest BCUT2D eigenvalue weighted by Gasteiger charge is 2.35. The smallest absolute Gasteiger partial charge is 0.161 e. The van der Waals surface area contributed by atoms with Crippen molar-refractivity contribution in [2.24, 2.45) is 0 Å². The molecule has 4 aromatic rings. The summed E-state index contributed by atoms with van der Waals surface area (Å²) in [5.41, 5.74) is 8.05. The third kappa shape index (κ3) is 2.64. The van der Waals surface area contributed by atoms with E-state index in [1.54, 1.807) is 0 Å². The number of fused-ring (bicyclic) bond motifs is 3. The topological polar surface area (TPSA) is 25.8 Å². The van der Waals surface area contributed by atoms with Gasteiger partial charge in [0.05, 0.1) is 5.69 Å². The molecule has 3 aromatic carbocycles. The van der Waals surface area contributed by atoms with Crippen molar-refractivity contribution in [2.45, 2.75) is 19.3 Å². The lowest BCUT2D eigenvalue weighted by Crippen LogP contribution is -2.15. The number of aromatic nitrogens is 2. The van der Waals surface area contributed by atoms with E-state index in [1.165, 1.54) is 22.3 Å². The van der Waals surface area contributed by atoms with Crippen LogP contribution < -0.4 is 0 Å². The first kappa shape index (κ1) is 17.2. The van der Waals surface area contributed by atoms with Gasteiger partial charge in [-0.2, -0.15) is 0 Å². The van der Waals surface area contributed by atoms with E-state index in [0.717, 1.165) is 16.8 Å². The lowest BCUT2D eigenvalue weighted by molar-refractivity contribution is 0.660. The number of rotatable bonds is 2. The molecule has 0 saturated heterocycles. The second-order valence-electron chi connectivity index (χ2n) is 7.70. The van der Waals surface area contributed by atoms with Crippen LogP contribution >= 0.6 is 11.6 Å². The Labute approximate surface area is 169 Å². The number of halogens is 1. The number of nitrogens with zero attached hydrogens (tertiary/aromatic N) is 2. The van der Waals surface area contributed by atoms with Gasteiger partial charge in [0.15, 0.2) is 5.82 Å². The molecule has 3 heteroatoms. The minimum absolute atomic E-state index is 0.0528. The molecular weight excluding hydrogens is 364 g/mol. The molecule has 1 aliphatic carbocycles. The average Bonchev–Trinajstić information content (AvgIpc) is 2.95. The molecule has 0 bridgehead atoms. The van der Waals surface area contributed by atoms with Gasteiger partial charge in [0.25, 0.3) is 0 Å². The molecule has 0 fully saturated rings. The van der Waals surface area contributed by atoms with Gasteiger partial charge in [0.1, 0.15) is 5.15 Å². The quantitative estimate of drug-likeness (QED) is 0.357. The Morgan fingerprint density at radius 1 is 0.679 bits per heavy atom. The summed E-state index contributed by atoms with van der Waals surface area (Å²) in [6.45, 7) is 4.55. The van der Waals surface area contributed by atoms with Gasteiger partial charge in [-0.05, 0) is 28.3 Å². The van der Waals surface area contributed by atoms with Crippen LogP contribution in [-0.4, -0.2) is 9.97 Å². The van der Waals surface area contributed by atoms with E-state index in [4.69, 9.17) is 16.6 Å². The lowest BCUT2D eigenvalue weighted by atomic mass is 9.82. The second-order valence-corrected chi connectivity index (χ2v) is 8.08. The van der Waals surface area contributed by atoms with E-state index < -0.39 is 0 Å². The number of hydrogen-bond acceptors (Lipinski definition) is 2. The fraction of sp³-hybridized carbons (Fsp3) is 0.120. The Hall–Kier alpha value is -2.97. The van der Waals surface area contributed by atoms with E-state index in [2.05, 4.69) is 61.3 Å². The van der Waals surface area contributed by atoms with E-state index in [9.17, 15) is 0 Å². The van der Waals surface area contributed by atoms with Crippen LogP contribution in [0.4, 0.5) is 0 Å². The van der Waals surface area contributed by atoms with Crippen LogP contribution in [0.2, 0.25) is 5.15 Å². The van der Waals surface area contributed by atoms with Crippen molar-refractivity contribution in [3.63, 3.8) is 0 Å². The van der Waals surface area contributed by atoms with Gasteiger partial charge in [-0.15, -0.1) is 0 Å². The van der Waals surface area contributed by atoms with Crippen molar-refractivity contribution in [3.8, 4) is 33.8 Å². The van der Waals surface area contributed by atoms with Crippen LogP contribution in [0.5, 0.6) is 0 Å². The Balaban J connectivity index is 1.65. The van der Waals surface area contributed by atoms with Gasteiger partial charge in [-0.25, -0.2) is 9.97 Å². The highest BCUT2D eigenvalue weighted by molar-refractivity contribution is 6.29. The van der Waals surface area contributed by atoms with Crippen molar-refractivity contribution < 1.29 is 0 Å². The number of benzene rings is 3. The maximum absolute atomic E-state index is 6.34. The normalized spacial score (nSPS) is 13.8. The summed E-state index contributed by atoms with van der Waals surface area (Å²) in [5.74, 6) is 0.654. The van der Waals surface area contributed by atoms with Crippen LogP contribution in [0.1, 0.15) is 25.0 Å². The Morgan fingerprint density at radius 2 is 1.39 bits per heavy atom. The van der Waals surface area contributed by atoms with E-state index in [1.807, 2.05) is 36.4 Å². The Morgan fingerprint density at radius 3 is 2.21 bits per heavy atom. The fourth-order valence-corrected chi connectivity index (χ4v) is 4.33. The van der Waals surface area contributed by atoms with Crippen molar-refractivity contribution in [1.29, 1.82) is 0 Å². The first-order valence-electron chi connectivity index (χ1n) is 9.39. The predicted molar refractivity (Wildman–Crippen MR) is 115 cm³/mol. The zero-order valence-electron chi connectivity index (χ0n) is 15.8. The summed E-state index contributed by atoms with van der Waals surface area (Å²) in [7, 11) is 0. The highest BCUT2D eigenvalue weighted by atomic mass is 35.5. The molecule has 28 heavy (non-hydrogen) atoms. The average molecular weight is 383 g/mol. The first-order valence-corrected chi connectivity index (χ1v) is 9.76. The van der Waals surface area contributed by atoms with E-state index in [0.29, 0.717) is 11.0 Å². The predicted octanol–water partition coefficient (Wildman–Crippen LogP) is 6.77. The number of hydrogen-bond donors (Lipinski definition) is 0. The Bertz CT molecular complexity index is 1200. The van der Waals surface area contributed by atoms with Crippen molar-refractivity contribution in [2.75, 3.05) is 0 Å². The lowest BCUT2D eigenvalue weighted by Gasteiger charge is -2.21. The van der Waals surface area contributed by atoms with E-state index >= 15 is 0 Å². The minimum Gasteiger partial charge on any atom is -0.228 e. The summed E-state index contributed by atoms with van der Waals surface area (Å²) in [5, 5.41) is 0.451. The molecule has 136 valence electrons. The van der Waals surface area contributed by atoms with Crippen LogP contribution in [0.15, 0.2) is 78.9 Å². The largest absolute Gasteiger partial charge is 0.228 e. The van der Waals surface area contributed by atoms with Crippen molar-refractivity contribution >= 4 is 11.6 Å². The van der Waals surface area contributed by atoms with Gasteiger partial charge in [-0.1, -0.05) is 92.2 Å². The third-order valence-electron chi connectivity index (χ3n) is 5.61. The van der Waals surface area contributed by atoms with Gasteiger partial charge < -0.3 is 0 Å². The van der Waals surface area contributed by atoms with Gasteiger partial charge >= 0.3 is 0 Å². The van der Waals surface area contributed by atoms with E-state index in [-0.39, 0.29) is 5.41 Å². The zero-order valence-corrected chi connectivity index (χ0v) is 16.5. The standard InChI is InChI=1S/C25H19ClN2/c1-25(2)20-11-7-6-10-18(20)19-13-12-17(14-21(19)25)24-27-22(15-23(26)28-24)16-8-4-3-5-9-16/h3-15H,1-2H3. The molecule has 5 rings (SSSR count). The monoisotopic (exact) mass is 382 g/mol. The molecule has 0 saturated carbocycles. The van der Waals surface area contributed by atoms with Gasteiger partial charge in [0, 0.05) is 22.6 Å². The third-order valence-corrected chi connectivity index (χ3v) is 5.80. The molecule has 1 aliphatic rings. The summed E-state index contributed by atoms with van der Waals surface area (Å²) < 4.78 is 0. The van der Waals surface area contributed by atoms with Crippen LogP contribution in [0.25, 0.3) is 33.8 Å². The summed E-state index contributed by atoms with van der Waals surface area (Å²) >= 11 is 6.34. The molecule has 0 unspecified atom stereocenters. The van der Waals surface area contributed by atoms with Crippen LogP contribution in [0, 0.1) is 0 Å². The summed E-state index contributed by atoms with van der Waals surface area (Å²) in [4.78, 5) is 9.31. The second kappa shape index (κ2) is 6.29. The van der Waals surface area contributed by atoms with Crippen molar-refractivity contribution in [1.82, 2.24) is 9.97 Å². The van der Waals surface area contributed by atoms with Crippen LogP contribution in [0.3, 0.4) is 0 Å². The highest BCUT2D eigenvalue weighted by Crippen LogP contribution is 2.49. The molecule has 0 radical (unpaired) electrons. The van der Waals surface area contributed by atoms with Crippen molar-refractivity contribution in [3.05, 3.63) is 95.1 Å². The molecule has 2 nitrogen and oxygen atoms in total.